The first-order valence-electron chi connectivity index (χ1n) is 3.09. The van der Waals surface area contributed by atoms with Crippen molar-refractivity contribution < 1.29 is 24.2 Å². The summed E-state index contributed by atoms with van der Waals surface area (Å²) in [6.07, 6.45) is 0. The molecular formula is C6H9O5P. The van der Waals surface area contributed by atoms with E-state index in [0.717, 1.165) is 12.6 Å². The number of hydrogen-bond donors (Lipinski definition) is 2. The van der Waals surface area contributed by atoms with Crippen LogP contribution in [0.25, 0.3) is 0 Å². The maximum atomic E-state index is 10.9. The summed E-state index contributed by atoms with van der Waals surface area (Å²) in [6, 6.07) is 0. The molecule has 0 amide bonds. The molecule has 2 unspecified atom stereocenters. The molecule has 0 radical (unpaired) electrons. The van der Waals surface area contributed by atoms with Gasteiger partial charge in [0, 0.05) is 6.66 Å². The fraction of sp³-hybridized carbons (Fsp3) is 0.500. The molecule has 0 saturated heterocycles. The number of aliphatic carboxylic acids is 1. The molecule has 2 N–H and O–H groups in total. The van der Waals surface area contributed by atoms with Crippen molar-refractivity contribution in [2.45, 2.75) is 12.6 Å². The molecule has 0 aromatic rings. The van der Waals surface area contributed by atoms with Crippen LogP contribution in [0.5, 0.6) is 0 Å². The topological polar surface area (TPSA) is 91.7 Å². The molecule has 0 saturated carbocycles. The van der Waals surface area contributed by atoms with E-state index in [4.69, 9.17) is 10.00 Å². The van der Waals surface area contributed by atoms with Gasteiger partial charge in [-0.15, -0.1) is 0 Å². The smallest absolute Gasteiger partial charge is 0.343 e. The van der Waals surface area contributed by atoms with Gasteiger partial charge >= 0.3 is 5.97 Å². The standard InChI is InChI=1S/C6H9O5P/c1-4(12(2,10)11)5(3-7)6(8)9/h4H,1-2H3,(H,8,9)(H,10,11). The summed E-state index contributed by atoms with van der Waals surface area (Å²) in [5.41, 5.74) is -1.86. The minimum atomic E-state index is -3.56. The van der Waals surface area contributed by atoms with Gasteiger partial charge in [0.1, 0.15) is 11.5 Å². The molecule has 5 nitrogen and oxygen atoms in total. The minimum absolute atomic E-state index is 0.691. The number of rotatable bonds is 3. The van der Waals surface area contributed by atoms with Gasteiger partial charge in [-0.1, -0.05) is 0 Å². The second kappa shape index (κ2) is 3.68. The van der Waals surface area contributed by atoms with Gasteiger partial charge in [-0.2, -0.15) is 0 Å². The van der Waals surface area contributed by atoms with Crippen molar-refractivity contribution in [3.05, 3.63) is 5.57 Å². The number of carbonyl (C=O) groups excluding carboxylic acids is 1. The third-order valence-corrected chi connectivity index (χ3v) is 3.17. The van der Waals surface area contributed by atoms with Crippen LogP contribution in [0.3, 0.4) is 0 Å². The minimum Gasteiger partial charge on any atom is -0.477 e. The van der Waals surface area contributed by atoms with Crippen molar-refractivity contribution in [3.8, 4) is 0 Å². The van der Waals surface area contributed by atoms with Gasteiger partial charge in [0.15, 0.2) is 0 Å². The van der Waals surface area contributed by atoms with Gasteiger partial charge in [0.2, 0.25) is 7.37 Å². The Balaban J connectivity index is 4.94. The highest BCUT2D eigenvalue weighted by Crippen LogP contribution is 2.44. The van der Waals surface area contributed by atoms with Crippen LogP contribution in [-0.2, 0) is 14.2 Å². The molecular weight excluding hydrogens is 183 g/mol. The Morgan fingerprint density at radius 3 is 2.08 bits per heavy atom. The summed E-state index contributed by atoms with van der Waals surface area (Å²) in [5, 5.41) is 8.38. The van der Waals surface area contributed by atoms with Gasteiger partial charge in [0.05, 0.1) is 5.66 Å². The summed E-state index contributed by atoms with van der Waals surface area (Å²) in [7, 11) is -3.56. The van der Waals surface area contributed by atoms with Crippen LogP contribution in [-0.4, -0.2) is 34.2 Å². The predicted octanol–water partition coefficient (Wildman–Crippen LogP) is 0.118. The second-order valence-corrected chi connectivity index (χ2v) is 5.10. The normalized spacial score (nSPS) is 17.2. The Morgan fingerprint density at radius 1 is 1.58 bits per heavy atom. The molecule has 6 heteroatoms. The summed E-state index contributed by atoms with van der Waals surface area (Å²) < 4.78 is 10.9. The Bertz CT molecular complexity index is 282. The Hall–Kier alpha value is -0.890. The van der Waals surface area contributed by atoms with Crippen molar-refractivity contribution >= 4 is 19.3 Å². The molecule has 0 aromatic heterocycles. The maximum Gasteiger partial charge on any atom is 0.343 e. The van der Waals surface area contributed by atoms with Crippen molar-refractivity contribution in [1.29, 1.82) is 0 Å². The molecule has 0 bridgehead atoms. The van der Waals surface area contributed by atoms with Crippen molar-refractivity contribution in [2.75, 3.05) is 6.66 Å². The lowest BCUT2D eigenvalue weighted by atomic mass is 10.2. The highest BCUT2D eigenvalue weighted by Gasteiger charge is 2.29. The summed E-state index contributed by atoms with van der Waals surface area (Å²) in [4.78, 5) is 29.3. The Kier molecular flexibility index (Phi) is 3.40. The Labute approximate surface area is 69.2 Å². The van der Waals surface area contributed by atoms with Crippen LogP contribution in [0, 0.1) is 0 Å². The van der Waals surface area contributed by atoms with E-state index in [0.29, 0.717) is 0 Å². The third kappa shape index (κ3) is 2.62. The first kappa shape index (κ1) is 11.1. The first-order valence-corrected chi connectivity index (χ1v) is 5.26. The van der Waals surface area contributed by atoms with E-state index in [-0.39, 0.29) is 0 Å². The molecule has 68 valence electrons. The molecule has 0 aliphatic carbocycles. The van der Waals surface area contributed by atoms with Crippen molar-refractivity contribution in [1.82, 2.24) is 0 Å². The van der Waals surface area contributed by atoms with Gasteiger partial charge < -0.3 is 10.00 Å². The zero-order valence-electron chi connectivity index (χ0n) is 6.64. The molecule has 0 rings (SSSR count). The predicted molar refractivity (Wildman–Crippen MR) is 42.1 cm³/mol. The van der Waals surface area contributed by atoms with E-state index in [1.165, 1.54) is 6.92 Å². The van der Waals surface area contributed by atoms with E-state index < -0.39 is 24.6 Å². The Morgan fingerprint density at radius 2 is 2.00 bits per heavy atom. The fourth-order valence-corrected chi connectivity index (χ4v) is 1.19. The van der Waals surface area contributed by atoms with Crippen LogP contribution >= 0.6 is 7.37 Å². The average molecular weight is 192 g/mol. The van der Waals surface area contributed by atoms with E-state index in [1.807, 2.05) is 0 Å². The molecule has 2 atom stereocenters. The fourth-order valence-electron chi connectivity index (χ4n) is 0.547. The lowest BCUT2D eigenvalue weighted by molar-refractivity contribution is -0.132. The third-order valence-electron chi connectivity index (χ3n) is 1.48. The lowest BCUT2D eigenvalue weighted by Gasteiger charge is -2.12. The summed E-state index contributed by atoms with van der Waals surface area (Å²) in [6.45, 7) is 2.20. The van der Waals surface area contributed by atoms with Crippen molar-refractivity contribution in [3.63, 3.8) is 0 Å². The zero-order valence-corrected chi connectivity index (χ0v) is 7.54. The molecule has 12 heavy (non-hydrogen) atoms. The van der Waals surface area contributed by atoms with E-state index in [9.17, 15) is 14.2 Å². The molecule has 0 heterocycles. The van der Waals surface area contributed by atoms with E-state index in [1.54, 1.807) is 0 Å². The van der Waals surface area contributed by atoms with Gasteiger partial charge in [-0.25, -0.2) is 9.59 Å². The SMILES string of the molecule is CC(C(=C=O)C(=O)O)P(C)(=O)O. The first-order chi connectivity index (χ1) is 5.30. The van der Waals surface area contributed by atoms with Crippen LogP contribution in [0.2, 0.25) is 0 Å². The quantitative estimate of drug-likeness (QED) is 0.376. The maximum absolute atomic E-state index is 10.9. The van der Waals surface area contributed by atoms with Gasteiger partial charge in [-0.3, -0.25) is 4.57 Å². The largest absolute Gasteiger partial charge is 0.477 e. The zero-order chi connectivity index (χ0) is 9.94. The molecule has 0 aromatic carbocycles. The number of hydrogen-bond acceptors (Lipinski definition) is 3. The number of carbonyl (C=O) groups is 1. The monoisotopic (exact) mass is 192 g/mol. The molecule has 0 aliphatic rings. The number of carboxylic acid groups (broad SMARTS) is 1. The average Bonchev–Trinajstić information content (AvgIpc) is 1.86. The summed E-state index contributed by atoms with van der Waals surface area (Å²) >= 11 is 0. The molecule has 0 aliphatic heterocycles. The lowest BCUT2D eigenvalue weighted by Crippen LogP contribution is -2.15. The summed E-state index contributed by atoms with van der Waals surface area (Å²) in [5.74, 6) is -0.363. The molecule has 0 spiro atoms. The van der Waals surface area contributed by atoms with E-state index in [2.05, 4.69) is 0 Å². The van der Waals surface area contributed by atoms with Gasteiger partial charge in [-0.05, 0) is 6.92 Å². The van der Waals surface area contributed by atoms with Crippen LogP contribution < -0.4 is 0 Å². The highest BCUT2D eigenvalue weighted by molar-refractivity contribution is 7.58. The van der Waals surface area contributed by atoms with Crippen molar-refractivity contribution in [2.24, 2.45) is 0 Å². The second-order valence-electron chi connectivity index (χ2n) is 2.44. The van der Waals surface area contributed by atoms with Crippen LogP contribution in [0.4, 0.5) is 0 Å². The highest BCUT2D eigenvalue weighted by atomic mass is 31.2. The van der Waals surface area contributed by atoms with Crippen LogP contribution in [0.15, 0.2) is 5.57 Å². The van der Waals surface area contributed by atoms with E-state index >= 15 is 0 Å². The number of carboxylic acids is 1. The van der Waals surface area contributed by atoms with Gasteiger partial charge in [0.25, 0.3) is 0 Å². The molecule has 0 fully saturated rings. The van der Waals surface area contributed by atoms with Crippen LogP contribution in [0.1, 0.15) is 6.92 Å².